The van der Waals surface area contributed by atoms with Crippen LogP contribution in [0.3, 0.4) is 0 Å². The first-order valence-electron chi connectivity index (χ1n) is 5.82. The van der Waals surface area contributed by atoms with Crippen molar-refractivity contribution in [1.82, 2.24) is 0 Å². The van der Waals surface area contributed by atoms with E-state index in [1.165, 1.54) is 11.1 Å². The van der Waals surface area contributed by atoms with Crippen molar-refractivity contribution in [3.63, 3.8) is 0 Å². The lowest BCUT2D eigenvalue weighted by Crippen LogP contribution is -2.31. The Balaban J connectivity index is 2.01. The van der Waals surface area contributed by atoms with Crippen LogP contribution in [0.4, 0.5) is 5.69 Å². The number of thiophene rings is 1. The summed E-state index contributed by atoms with van der Waals surface area (Å²) >= 11 is 1.68. The molecule has 0 radical (unpaired) electrons. The molecule has 0 fully saturated rings. The number of rotatable bonds is 2. The van der Waals surface area contributed by atoms with E-state index in [2.05, 4.69) is 34.3 Å². The number of benzene rings is 1. The van der Waals surface area contributed by atoms with Crippen LogP contribution in [0, 0.1) is 0 Å². The molecule has 3 rings (SSSR count). The molecule has 0 amide bonds. The van der Waals surface area contributed by atoms with Gasteiger partial charge in [-0.1, -0.05) is 6.07 Å². The molecule has 0 saturated carbocycles. The molecule has 4 heteroatoms. The molecule has 1 N–H and O–H groups in total. The highest BCUT2D eigenvalue weighted by atomic mass is 32.1. The van der Waals surface area contributed by atoms with Gasteiger partial charge < -0.3 is 10.1 Å². The monoisotopic (exact) mass is 259 g/mol. The molecule has 1 aromatic carbocycles. The van der Waals surface area contributed by atoms with Gasteiger partial charge in [-0.05, 0) is 47.0 Å². The molecule has 1 aliphatic heterocycles. The van der Waals surface area contributed by atoms with Gasteiger partial charge in [0.25, 0.3) is 0 Å². The topological polar surface area (TPSA) is 38.3 Å². The van der Waals surface area contributed by atoms with E-state index in [0.717, 1.165) is 17.5 Å². The van der Waals surface area contributed by atoms with Crippen molar-refractivity contribution >= 4 is 23.3 Å². The maximum Gasteiger partial charge on any atom is 0.185 e. The highest BCUT2D eigenvalue weighted by Crippen LogP contribution is 2.35. The van der Waals surface area contributed by atoms with Crippen LogP contribution >= 0.6 is 11.3 Å². The molecule has 1 aromatic heterocycles. The van der Waals surface area contributed by atoms with Crippen LogP contribution in [-0.2, 0) is 9.53 Å². The standard InChI is InChI=1S/C14H13NO2S/c1-9-12-6-10(11-4-5-18-8-11)2-3-13(12)15-14(7-16)17-9/h2-9,14-15H,1H3. The number of anilines is 1. The molecule has 0 spiro atoms. The van der Waals surface area contributed by atoms with E-state index < -0.39 is 6.23 Å². The van der Waals surface area contributed by atoms with Gasteiger partial charge in [0.1, 0.15) is 0 Å². The second kappa shape index (κ2) is 4.55. The van der Waals surface area contributed by atoms with E-state index in [0.29, 0.717) is 0 Å². The van der Waals surface area contributed by atoms with Gasteiger partial charge in [0.05, 0.1) is 6.10 Å². The maximum atomic E-state index is 10.8. The number of carbonyl (C=O) groups excluding carboxylic acids is 1. The fourth-order valence-electron chi connectivity index (χ4n) is 2.19. The van der Waals surface area contributed by atoms with Gasteiger partial charge in [-0.2, -0.15) is 11.3 Å². The summed E-state index contributed by atoms with van der Waals surface area (Å²) in [6, 6.07) is 8.30. The van der Waals surface area contributed by atoms with E-state index in [9.17, 15) is 4.79 Å². The zero-order valence-electron chi connectivity index (χ0n) is 9.92. The first-order valence-corrected chi connectivity index (χ1v) is 6.76. The molecule has 0 saturated heterocycles. The van der Waals surface area contributed by atoms with Gasteiger partial charge in [0.15, 0.2) is 12.5 Å². The van der Waals surface area contributed by atoms with Crippen molar-refractivity contribution in [2.45, 2.75) is 19.3 Å². The van der Waals surface area contributed by atoms with Crippen molar-refractivity contribution in [3.05, 3.63) is 40.6 Å². The fourth-order valence-corrected chi connectivity index (χ4v) is 2.85. The number of fused-ring (bicyclic) bond motifs is 1. The summed E-state index contributed by atoms with van der Waals surface area (Å²) in [6.07, 6.45) is 0.168. The third-order valence-corrected chi connectivity index (χ3v) is 3.80. The molecule has 1 aliphatic rings. The Morgan fingerprint density at radius 1 is 1.33 bits per heavy atom. The van der Waals surface area contributed by atoms with Crippen LogP contribution in [-0.4, -0.2) is 12.5 Å². The predicted molar refractivity (Wildman–Crippen MR) is 72.7 cm³/mol. The summed E-state index contributed by atoms with van der Waals surface area (Å²) in [6.45, 7) is 1.97. The maximum absolute atomic E-state index is 10.8. The van der Waals surface area contributed by atoms with Crippen molar-refractivity contribution in [1.29, 1.82) is 0 Å². The summed E-state index contributed by atoms with van der Waals surface area (Å²) < 4.78 is 5.56. The Labute approximate surface area is 109 Å². The van der Waals surface area contributed by atoms with Crippen molar-refractivity contribution in [3.8, 4) is 11.1 Å². The van der Waals surface area contributed by atoms with Gasteiger partial charge in [-0.25, -0.2) is 0 Å². The van der Waals surface area contributed by atoms with Gasteiger partial charge >= 0.3 is 0 Å². The second-order valence-electron chi connectivity index (χ2n) is 4.29. The minimum absolute atomic E-state index is 0.0740. The molecule has 2 heterocycles. The van der Waals surface area contributed by atoms with Crippen molar-refractivity contribution in [2.24, 2.45) is 0 Å². The van der Waals surface area contributed by atoms with Crippen LogP contribution in [0.5, 0.6) is 0 Å². The number of carbonyl (C=O) groups is 1. The molecular formula is C14H13NO2S. The SMILES string of the molecule is CC1OC(C=O)Nc2ccc(-c3ccsc3)cc21. The summed E-state index contributed by atoms with van der Waals surface area (Å²) in [5.74, 6) is 0. The number of nitrogens with one attached hydrogen (secondary N) is 1. The lowest BCUT2D eigenvalue weighted by molar-refractivity contribution is -0.120. The van der Waals surface area contributed by atoms with Gasteiger partial charge in [0.2, 0.25) is 0 Å². The Morgan fingerprint density at radius 2 is 2.22 bits per heavy atom. The van der Waals surface area contributed by atoms with E-state index in [1.54, 1.807) is 11.3 Å². The largest absolute Gasteiger partial charge is 0.354 e. The van der Waals surface area contributed by atoms with E-state index in [-0.39, 0.29) is 6.10 Å². The third kappa shape index (κ3) is 1.94. The Bertz CT molecular complexity index is 565. The van der Waals surface area contributed by atoms with Gasteiger partial charge in [0, 0.05) is 11.3 Å². The number of ether oxygens (including phenoxy) is 1. The van der Waals surface area contributed by atoms with Crippen LogP contribution in [0.15, 0.2) is 35.0 Å². The van der Waals surface area contributed by atoms with Gasteiger partial charge in [-0.3, -0.25) is 4.79 Å². The number of aldehydes is 1. The van der Waals surface area contributed by atoms with Crippen molar-refractivity contribution < 1.29 is 9.53 Å². The summed E-state index contributed by atoms with van der Waals surface area (Å²) in [4.78, 5) is 10.8. The summed E-state index contributed by atoms with van der Waals surface area (Å²) in [7, 11) is 0. The Morgan fingerprint density at radius 3 is 2.94 bits per heavy atom. The molecule has 92 valence electrons. The second-order valence-corrected chi connectivity index (χ2v) is 5.07. The molecule has 2 aromatic rings. The Hall–Kier alpha value is -1.65. The molecule has 2 unspecified atom stereocenters. The van der Waals surface area contributed by atoms with E-state index >= 15 is 0 Å². The molecule has 3 nitrogen and oxygen atoms in total. The van der Waals surface area contributed by atoms with E-state index in [1.807, 2.05) is 13.0 Å². The average molecular weight is 259 g/mol. The summed E-state index contributed by atoms with van der Waals surface area (Å²) in [5.41, 5.74) is 4.46. The number of hydrogen-bond donors (Lipinski definition) is 1. The van der Waals surface area contributed by atoms with Crippen molar-refractivity contribution in [2.75, 3.05) is 5.32 Å². The lowest BCUT2D eigenvalue weighted by Gasteiger charge is -2.29. The van der Waals surface area contributed by atoms with Crippen LogP contribution in [0.25, 0.3) is 11.1 Å². The first-order chi connectivity index (χ1) is 8.78. The normalized spacial score (nSPS) is 22.1. The quantitative estimate of drug-likeness (QED) is 0.839. The number of hydrogen-bond acceptors (Lipinski definition) is 4. The molecule has 2 atom stereocenters. The fraction of sp³-hybridized carbons (Fsp3) is 0.214. The van der Waals surface area contributed by atoms with Crippen LogP contribution in [0.2, 0.25) is 0 Å². The third-order valence-electron chi connectivity index (χ3n) is 3.12. The highest BCUT2D eigenvalue weighted by molar-refractivity contribution is 7.08. The minimum atomic E-state index is -0.542. The molecule has 18 heavy (non-hydrogen) atoms. The average Bonchev–Trinajstić information content (AvgIpc) is 2.92. The van der Waals surface area contributed by atoms with Crippen LogP contribution < -0.4 is 5.32 Å². The van der Waals surface area contributed by atoms with E-state index in [4.69, 9.17) is 4.74 Å². The van der Waals surface area contributed by atoms with Crippen LogP contribution in [0.1, 0.15) is 18.6 Å². The zero-order chi connectivity index (χ0) is 12.5. The smallest absolute Gasteiger partial charge is 0.185 e. The molecule has 0 bridgehead atoms. The predicted octanol–water partition coefficient (Wildman–Crippen LogP) is 3.44. The summed E-state index contributed by atoms with van der Waals surface area (Å²) in [5, 5.41) is 7.25. The zero-order valence-corrected chi connectivity index (χ0v) is 10.7. The minimum Gasteiger partial charge on any atom is -0.354 e. The first kappa shape index (κ1) is 11.4. The lowest BCUT2D eigenvalue weighted by atomic mass is 10.00. The molecular weight excluding hydrogens is 246 g/mol. The molecule has 0 aliphatic carbocycles. The Kier molecular flexibility index (Phi) is 2.89. The van der Waals surface area contributed by atoms with Gasteiger partial charge in [-0.15, -0.1) is 0 Å². The highest BCUT2D eigenvalue weighted by Gasteiger charge is 2.23.